The molecule has 21 heavy (non-hydrogen) atoms. The molecule has 0 spiro atoms. The standard InChI is InChI=1S/C18H24N2O/c1-2-19-13-15-12-18(21-11-10-14-6-5-7-14)16-8-3-4-9-17(16)20-15/h3-4,8-9,12,14,19H,2,5-7,10-11,13H2,1H3. The van der Waals surface area contributed by atoms with Crippen molar-refractivity contribution in [2.45, 2.75) is 39.2 Å². The number of nitrogens with zero attached hydrogens (tertiary/aromatic N) is 1. The van der Waals surface area contributed by atoms with Crippen molar-refractivity contribution in [2.75, 3.05) is 13.2 Å². The Morgan fingerprint density at radius 2 is 2.14 bits per heavy atom. The van der Waals surface area contributed by atoms with Gasteiger partial charge in [-0.2, -0.15) is 0 Å². The number of ether oxygens (including phenoxy) is 1. The quantitative estimate of drug-likeness (QED) is 0.837. The minimum Gasteiger partial charge on any atom is -0.493 e. The smallest absolute Gasteiger partial charge is 0.130 e. The van der Waals surface area contributed by atoms with Crippen molar-refractivity contribution in [2.24, 2.45) is 5.92 Å². The van der Waals surface area contributed by atoms with Gasteiger partial charge >= 0.3 is 0 Å². The van der Waals surface area contributed by atoms with Crippen molar-refractivity contribution in [3.05, 3.63) is 36.0 Å². The van der Waals surface area contributed by atoms with E-state index >= 15 is 0 Å². The normalized spacial score (nSPS) is 15.1. The molecule has 0 bridgehead atoms. The third kappa shape index (κ3) is 3.53. The fourth-order valence-corrected chi connectivity index (χ4v) is 2.78. The van der Waals surface area contributed by atoms with Crippen LogP contribution in [-0.2, 0) is 6.54 Å². The molecule has 3 heteroatoms. The van der Waals surface area contributed by atoms with Crippen LogP contribution in [0.4, 0.5) is 0 Å². The first-order chi connectivity index (χ1) is 10.4. The van der Waals surface area contributed by atoms with Crippen LogP contribution >= 0.6 is 0 Å². The van der Waals surface area contributed by atoms with Gasteiger partial charge in [-0.25, -0.2) is 0 Å². The van der Waals surface area contributed by atoms with Crippen LogP contribution in [0, 0.1) is 5.92 Å². The summed E-state index contributed by atoms with van der Waals surface area (Å²) in [7, 11) is 0. The zero-order chi connectivity index (χ0) is 14.5. The van der Waals surface area contributed by atoms with Crippen molar-refractivity contribution in [1.29, 1.82) is 0 Å². The van der Waals surface area contributed by atoms with Crippen LogP contribution in [-0.4, -0.2) is 18.1 Å². The van der Waals surface area contributed by atoms with Gasteiger partial charge in [0.2, 0.25) is 0 Å². The average Bonchev–Trinajstić information content (AvgIpc) is 2.47. The Hall–Kier alpha value is -1.61. The molecular formula is C18H24N2O. The molecule has 0 atom stereocenters. The number of para-hydroxylation sites is 1. The molecular weight excluding hydrogens is 260 g/mol. The first-order valence-electron chi connectivity index (χ1n) is 8.09. The van der Waals surface area contributed by atoms with E-state index in [9.17, 15) is 0 Å². The Morgan fingerprint density at radius 1 is 1.29 bits per heavy atom. The third-order valence-electron chi connectivity index (χ3n) is 4.30. The second kappa shape index (κ2) is 6.90. The predicted octanol–water partition coefficient (Wildman–Crippen LogP) is 3.91. The summed E-state index contributed by atoms with van der Waals surface area (Å²) in [4.78, 5) is 4.70. The van der Waals surface area contributed by atoms with E-state index in [4.69, 9.17) is 9.72 Å². The highest BCUT2D eigenvalue weighted by atomic mass is 16.5. The molecule has 0 radical (unpaired) electrons. The highest BCUT2D eigenvalue weighted by Crippen LogP contribution is 2.30. The van der Waals surface area contributed by atoms with Gasteiger partial charge in [0, 0.05) is 18.0 Å². The molecule has 1 N–H and O–H groups in total. The van der Waals surface area contributed by atoms with Crippen molar-refractivity contribution < 1.29 is 4.74 Å². The van der Waals surface area contributed by atoms with Gasteiger partial charge in [-0.1, -0.05) is 38.3 Å². The lowest BCUT2D eigenvalue weighted by atomic mass is 9.83. The van der Waals surface area contributed by atoms with E-state index in [1.165, 1.54) is 25.7 Å². The van der Waals surface area contributed by atoms with Crippen molar-refractivity contribution in [1.82, 2.24) is 10.3 Å². The molecule has 0 aliphatic heterocycles. The van der Waals surface area contributed by atoms with E-state index in [1.807, 2.05) is 12.1 Å². The van der Waals surface area contributed by atoms with Gasteiger partial charge in [0.15, 0.2) is 0 Å². The topological polar surface area (TPSA) is 34.1 Å². The molecule has 3 rings (SSSR count). The average molecular weight is 284 g/mol. The number of rotatable bonds is 7. The molecule has 112 valence electrons. The largest absolute Gasteiger partial charge is 0.493 e. The first-order valence-corrected chi connectivity index (χ1v) is 8.09. The van der Waals surface area contributed by atoms with Crippen molar-refractivity contribution in [3.63, 3.8) is 0 Å². The number of hydrogen-bond acceptors (Lipinski definition) is 3. The minimum atomic E-state index is 0.792. The summed E-state index contributed by atoms with van der Waals surface area (Å²) in [5.41, 5.74) is 2.07. The van der Waals surface area contributed by atoms with Crippen LogP contribution in [0.1, 0.15) is 38.3 Å². The van der Waals surface area contributed by atoms with Gasteiger partial charge in [-0.3, -0.25) is 4.98 Å². The van der Waals surface area contributed by atoms with Crippen LogP contribution in [0.15, 0.2) is 30.3 Å². The Morgan fingerprint density at radius 3 is 2.90 bits per heavy atom. The van der Waals surface area contributed by atoms with E-state index < -0.39 is 0 Å². The van der Waals surface area contributed by atoms with E-state index in [0.717, 1.165) is 48.0 Å². The fourth-order valence-electron chi connectivity index (χ4n) is 2.78. The van der Waals surface area contributed by atoms with Gasteiger partial charge in [0.1, 0.15) is 5.75 Å². The second-order valence-corrected chi connectivity index (χ2v) is 5.84. The molecule has 1 saturated carbocycles. The zero-order valence-corrected chi connectivity index (χ0v) is 12.8. The molecule has 1 aromatic carbocycles. The summed E-state index contributed by atoms with van der Waals surface area (Å²) in [5, 5.41) is 4.45. The Labute approximate surface area is 126 Å². The van der Waals surface area contributed by atoms with Crippen LogP contribution in [0.2, 0.25) is 0 Å². The van der Waals surface area contributed by atoms with Gasteiger partial charge in [-0.05, 0) is 31.0 Å². The SMILES string of the molecule is CCNCc1cc(OCCC2CCC2)c2ccccc2n1. The Kier molecular flexibility index (Phi) is 4.71. The van der Waals surface area contributed by atoms with Gasteiger partial charge < -0.3 is 10.1 Å². The maximum atomic E-state index is 6.08. The van der Waals surface area contributed by atoms with E-state index in [1.54, 1.807) is 0 Å². The summed E-state index contributed by atoms with van der Waals surface area (Å²) >= 11 is 0. The summed E-state index contributed by atoms with van der Waals surface area (Å²) in [6.45, 7) is 4.67. The van der Waals surface area contributed by atoms with Crippen LogP contribution in [0.5, 0.6) is 5.75 Å². The van der Waals surface area contributed by atoms with Crippen LogP contribution in [0.25, 0.3) is 10.9 Å². The molecule has 1 fully saturated rings. The van der Waals surface area contributed by atoms with Crippen LogP contribution < -0.4 is 10.1 Å². The van der Waals surface area contributed by atoms with Crippen molar-refractivity contribution in [3.8, 4) is 5.75 Å². The number of nitrogens with one attached hydrogen (secondary N) is 1. The number of fused-ring (bicyclic) bond motifs is 1. The summed E-state index contributed by atoms with van der Waals surface area (Å²) in [6, 6.07) is 10.3. The molecule has 1 aliphatic carbocycles. The molecule has 1 aromatic heterocycles. The molecule has 1 aliphatic rings. The van der Waals surface area contributed by atoms with E-state index in [2.05, 4.69) is 30.4 Å². The van der Waals surface area contributed by atoms with E-state index in [-0.39, 0.29) is 0 Å². The highest BCUT2D eigenvalue weighted by Gasteiger charge is 2.17. The lowest BCUT2D eigenvalue weighted by Crippen LogP contribution is -2.15. The van der Waals surface area contributed by atoms with Gasteiger partial charge in [-0.15, -0.1) is 0 Å². The first kappa shape index (κ1) is 14.3. The van der Waals surface area contributed by atoms with Gasteiger partial charge in [0.05, 0.1) is 17.8 Å². The lowest BCUT2D eigenvalue weighted by molar-refractivity contribution is 0.223. The molecule has 2 aromatic rings. The maximum Gasteiger partial charge on any atom is 0.130 e. The number of hydrogen-bond donors (Lipinski definition) is 1. The highest BCUT2D eigenvalue weighted by molar-refractivity contribution is 5.85. The second-order valence-electron chi connectivity index (χ2n) is 5.84. The molecule has 0 saturated heterocycles. The molecule has 0 unspecified atom stereocenters. The van der Waals surface area contributed by atoms with Gasteiger partial charge in [0.25, 0.3) is 0 Å². The van der Waals surface area contributed by atoms with E-state index in [0.29, 0.717) is 0 Å². The molecule has 1 heterocycles. The zero-order valence-electron chi connectivity index (χ0n) is 12.8. The summed E-state index contributed by atoms with van der Waals surface area (Å²) in [5.74, 6) is 1.87. The number of benzene rings is 1. The summed E-state index contributed by atoms with van der Waals surface area (Å²) in [6.07, 6.45) is 5.34. The minimum absolute atomic E-state index is 0.792. The monoisotopic (exact) mass is 284 g/mol. The van der Waals surface area contributed by atoms with Crippen LogP contribution in [0.3, 0.4) is 0 Å². The predicted molar refractivity (Wildman–Crippen MR) is 86.6 cm³/mol. The Balaban J connectivity index is 1.76. The number of aromatic nitrogens is 1. The molecule has 0 amide bonds. The molecule has 3 nitrogen and oxygen atoms in total. The summed E-state index contributed by atoms with van der Waals surface area (Å²) < 4.78 is 6.08. The Bertz CT molecular complexity index is 593. The fraction of sp³-hybridized carbons (Fsp3) is 0.500. The lowest BCUT2D eigenvalue weighted by Gasteiger charge is -2.25. The number of pyridine rings is 1. The third-order valence-corrected chi connectivity index (χ3v) is 4.30. The van der Waals surface area contributed by atoms with Crippen molar-refractivity contribution >= 4 is 10.9 Å². The maximum absolute atomic E-state index is 6.08.